The Hall–Kier alpha value is -1.26. The summed E-state index contributed by atoms with van der Waals surface area (Å²) in [6.45, 7) is 0. The van der Waals surface area contributed by atoms with Gasteiger partial charge in [0.15, 0.2) is 0 Å². The highest BCUT2D eigenvalue weighted by atomic mass is 16.4. The number of nitrogens with zero attached hydrogens (tertiary/aromatic N) is 1. The van der Waals surface area contributed by atoms with E-state index < -0.39 is 18.1 Å². The Bertz CT molecular complexity index is 379. The van der Waals surface area contributed by atoms with E-state index in [1.165, 1.54) is 17.7 Å². The van der Waals surface area contributed by atoms with Crippen LogP contribution in [-0.4, -0.2) is 39.3 Å². The number of carbonyl (C=O) groups is 2. The van der Waals surface area contributed by atoms with E-state index in [0.29, 0.717) is 5.92 Å². The second kappa shape index (κ2) is 4.14. The lowest BCUT2D eigenvalue weighted by atomic mass is 9.67. The quantitative estimate of drug-likeness (QED) is 0.806. The maximum Gasteiger partial charge on any atom is 0.408 e. The summed E-state index contributed by atoms with van der Waals surface area (Å²) in [5.41, 5.74) is 0. The summed E-state index contributed by atoms with van der Waals surface area (Å²) in [5.74, 6) is 0.209. The maximum atomic E-state index is 11.4. The zero-order chi connectivity index (χ0) is 12.9. The largest absolute Gasteiger partial charge is 0.480 e. The van der Waals surface area contributed by atoms with Crippen molar-refractivity contribution in [3.63, 3.8) is 0 Å². The van der Waals surface area contributed by atoms with Crippen molar-refractivity contribution in [1.29, 1.82) is 0 Å². The molecule has 2 N–H and O–H groups in total. The van der Waals surface area contributed by atoms with Crippen LogP contribution in [0.15, 0.2) is 0 Å². The minimum atomic E-state index is -1.06. The second-order valence-corrected chi connectivity index (χ2v) is 6.05. The zero-order valence-corrected chi connectivity index (χ0v) is 10.3. The maximum absolute atomic E-state index is 11.4. The van der Waals surface area contributed by atoms with E-state index >= 15 is 0 Å². The fraction of sp³-hybridized carbons (Fsp3) is 0.846. The molecule has 2 saturated heterocycles. The molecule has 0 aromatic rings. The van der Waals surface area contributed by atoms with E-state index in [0.717, 1.165) is 31.6 Å². The first kappa shape index (κ1) is 11.8. The molecule has 0 aromatic carbocycles. The zero-order valence-electron chi connectivity index (χ0n) is 10.3. The molecule has 2 aliphatic carbocycles. The lowest BCUT2D eigenvalue weighted by Crippen LogP contribution is -2.63. The Balaban J connectivity index is 1.82. The molecule has 2 heterocycles. The first-order valence-electron chi connectivity index (χ1n) is 6.82. The van der Waals surface area contributed by atoms with Gasteiger partial charge in [0.05, 0.1) is 0 Å². The van der Waals surface area contributed by atoms with Gasteiger partial charge in [0, 0.05) is 6.04 Å². The third-order valence-electron chi connectivity index (χ3n) is 4.89. The summed E-state index contributed by atoms with van der Waals surface area (Å²) < 4.78 is 0. The number of fused-ring (bicyclic) bond motifs is 3. The average molecular weight is 253 g/mol. The van der Waals surface area contributed by atoms with Gasteiger partial charge in [0.25, 0.3) is 0 Å². The van der Waals surface area contributed by atoms with Gasteiger partial charge in [-0.05, 0) is 43.4 Å². The van der Waals surface area contributed by atoms with Crippen molar-refractivity contribution in [3.8, 4) is 0 Å². The SMILES string of the molecule is O=C(O)[C@H]1[C@@H]2CC[C@@H]([C@H](CC3CC3)C2)N1C(=O)O. The van der Waals surface area contributed by atoms with E-state index in [2.05, 4.69) is 0 Å². The van der Waals surface area contributed by atoms with Crippen molar-refractivity contribution < 1.29 is 19.8 Å². The highest BCUT2D eigenvalue weighted by Gasteiger charge is 2.52. The predicted octanol–water partition coefficient (Wildman–Crippen LogP) is 2.02. The van der Waals surface area contributed by atoms with E-state index in [4.69, 9.17) is 0 Å². The highest BCUT2D eigenvalue weighted by Crippen LogP contribution is 2.48. The van der Waals surface area contributed by atoms with Crippen LogP contribution in [-0.2, 0) is 4.79 Å². The Kier molecular flexibility index (Phi) is 2.72. The van der Waals surface area contributed by atoms with E-state index in [-0.39, 0.29) is 12.0 Å². The van der Waals surface area contributed by atoms with Gasteiger partial charge in [-0.2, -0.15) is 0 Å². The van der Waals surface area contributed by atoms with Crippen molar-refractivity contribution in [2.45, 2.75) is 50.6 Å². The lowest BCUT2D eigenvalue weighted by Gasteiger charge is -2.52. The fourth-order valence-corrected chi connectivity index (χ4v) is 3.99. The summed E-state index contributed by atoms with van der Waals surface area (Å²) in [7, 11) is 0. The smallest absolute Gasteiger partial charge is 0.408 e. The van der Waals surface area contributed by atoms with Crippen molar-refractivity contribution in [1.82, 2.24) is 4.90 Å². The first-order chi connectivity index (χ1) is 8.58. The third-order valence-corrected chi connectivity index (χ3v) is 4.89. The lowest BCUT2D eigenvalue weighted by molar-refractivity contribution is -0.153. The average Bonchev–Trinajstić information content (AvgIpc) is 3.12. The Morgan fingerprint density at radius 2 is 1.83 bits per heavy atom. The van der Waals surface area contributed by atoms with E-state index in [1.807, 2.05) is 0 Å². The molecule has 0 unspecified atom stereocenters. The molecule has 5 nitrogen and oxygen atoms in total. The molecule has 0 spiro atoms. The summed E-state index contributed by atoms with van der Waals surface area (Å²) in [6, 6.07) is -0.870. The number of hydrogen-bond donors (Lipinski definition) is 2. The molecule has 4 rings (SSSR count). The van der Waals surface area contributed by atoms with Crippen molar-refractivity contribution in [3.05, 3.63) is 0 Å². The van der Waals surface area contributed by atoms with Gasteiger partial charge < -0.3 is 10.2 Å². The number of carboxylic acid groups (broad SMARTS) is 2. The fourth-order valence-electron chi connectivity index (χ4n) is 3.99. The van der Waals surface area contributed by atoms with Crippen LogP contribution in [0.4, 0.5) is 4.79 Å². The van der Waals surface area contributed by atoms with Crippen LogP contribution in [0.5, 0.6) is 0 Å². The highest BCUT2D eigenvalue weighted by molar-refractivity contribution is 5.80. The van der Waals surface area contributed by atoms with Gasteiger partial charge in [0.2, 0.25) is 0 Å². The Morgan fingerprint density at radius 1 is 1.11 bits per heavy atom. The molecule has 2 aliphatic heterocycles. The van der Waals surface area contributed by atoms with Crippen LogP contribution >= 0.6 is 0 Å². The van der Waals surface area contributed by atoms with Crippen LogP contribution in [0.3, 0.4) is 0 Å². The summed E-state index contributed by atoms with van der Waals surface area (Å²) >= 11 is 0. The standard InChI is InChI=1S/C13H19NO4/c15-12(16)11-8-3-4-10(14(11)13(17)18)9(6-8)5-7-1-2-7/h7-11H,1-6H2,(H,15,16)(H,17,18)/t8-,9-,10+,11-/m1/s1. The minimum Gasteiger partial charge on any atom is -0.480 e. The van der Waals surface area contributed by atoms with Crippen LogP contribution in [0.25, 0.3) is 0 Å². The second-order valence-electron chi connectivity index (χ2n) is 6.05. The Labute approximate surface area is 106 Å². The van der Waals surface area contributed by atoms with Gasteiger partial charge in [-0.1, -0.05) is 12.8 Å². The molecule has 4 atom stereocenters. The molecule has 4 aliphatic rings. The van der Waals surface area contributed by atoms with Crippen LogP contribution in [0.1, 0.15) is 38.5 Å². The third kappa shape index (κ3) is 1.85. The predicted molar refractivity (Wildman–Crippen MR) is 63.2 cm³/mol. The number of rotatable bonds is 3. The number of piperidine rings is 2. The topological polar surface area (TPSA) is 77.8 Å². The summed E-state index contributed by atoms with van der Waals surface area (Å²) in [5, 5.41) is 18.6. The Morgan fingerprint density at radius 3 is 2.39 bits per heavy atom. The summed E-state index contributed by atoms with van der Waals surface area (Å²) in [6.07, 6.45) is 5.19. The molecule has 4 fully saturated rings. The molecule has 2 bridgehead atoms. The molecule has 5 heteroatoms. The molecule has 100 valence electrons. The van der Waals surface area contributed by atoms with Gasteiger partial charge in [-0.3, -0.25) is 4.90 Å². The number of aliphatic carboxylic acids is 1. The summed E-state index contributed by atoms with van der Waals surface area (Å²) in [4.78, 5) is 23.9. The van der Waals surface area contributed by atoms with Crippen LogP contribution < -0.4 is 0 Å². The van der Waals surface area contributed by atoms with E-state index in [9.17, 15) is 19.8 Å². The first-order valence-corrected chi connectivity index (χ1v) is 6.82. The number of hydrogen-bond acceptors (Lipinski definition) is 2. The molecule has 0 radical (unpaired) electrons. The molecular weight excluding hydrogens is 234 g/mol. The molecule has 0 aromatic heterocycles. The number of amides is 1. The molecule has 2 saturated carbocycles. The van der Waals surface area contributed by atoms with Gasteiger partial charge >= 0.3 is 12.1 Å². The van der Waals surface area contributed by atoms with Crippen molar-refractivity contribution >= 4 is 12.1 Å². The minimum absolute atomic E-state index is 0.0207. The van der Waals surface area contributed by atoms with Crippen molar-refractivity contribution in [2.24, 2.45) is 17.8 Å². The molecule has 18 heavy (non-hydrogen) atoms. The van der Waals surface area contributed by atoms with Gasteiger partial charge in [-0.15, -0.1) is 0 Å². The van der Waals surface area contributed by atoms with Crippen LogP contribution in [0.2, 0.25) is 0 Å². The monoisotopic (exact) mass is 253 g/mol. The molecular formula is C13H19NO4. The number of carboxylic acids is 1. The van der Waals surface area contributed by atoms with E-state index in [1.54, 1.807) is 0 Å². The van der Waals surface area contributed by atoms with Crippen LogP contribution in [0, 0.1) is 17.8 Å². The molecule has 1 amide bonds. The van der Waals surface area contributed by atoms with Gasteiger partial charge in [0.1, 0.15) is 6.04 Å². The van der Waals surface area contributed by atoms with Gasteiger partial charge in [-0.25, -0.2) is 9.59 Å². The van der Waals surface area contributed by atoms with Crippen molar-refractivity contribution in [2.75, 3.05) is 0 Å². The normalized spacial score (nSPS) is 38.8.